The average Bonchev–Trinajstić information content (AvgIpc) is 2.23. The van der Waals surface area contributed by atoms with Crippen molar-refractivity contribution < 1.29 is 0 Å². The van der Waals surface area contributed by atoms with Crippen LogP contribution in [0.2, 0.25) is 0 Å². The van der Waals surface area contributed by atoms with Crippen LogP contribution < -0.4 is 5.32 Å². The van der Waals surface area contributed by atoms with E-state index in [4.69, 9.17) is 0 Å². The maximum Gasteiger partial charge on any atom is 0.0252 e. The summed E-state index contributed by atoms with van der Waals surface area (Å²) in [6.45, 7) is 15.2. The third-order valence-electron chi connectivity index (χ3n) is 3.88. The first kappa shape index (κ1) is 15.0. The quantitative estimate of drug-likeness (QED) is 0.717. The number of nitrogens with one attached hydrogen (secondary N) is 1. The Morgan fingerprint density at radius 1 is 1.29 bits per heavy atom. The highest BCUT2D eigenvalue weighted by Crippen LogP contribution is 2.18. The molecule has 17 heavy (non-hydrogen) atoms. The van der Waals surface area contributed by atoms with E-state index in [0.717, 1.165) is 18.5 Å². The monoisotopic (exact) mass is 240 g/mol. The van der Waals surface area contributed by atoms with Gasteiger partial charge < -0.3 is 5.32 Å². The Balaban J connectivity index is 2.32. The molecule has 0 saturated carbocycles. The van der Waals surface area contributed by atoms with E-state index in [1.54, 1.807) is 0 Å². The summed E-state index contributed by atoms with van der Waals surface area (Å²) in [4.78, 5) is 2.71. The van der Waals surface area contributed by atoms with E-state index in [1.165, 1.54) is 38.8 Å². The second kappa shape index (κ2) is 6.75. The van der Waals surface area contributed by atoms with Gasteiger partial charge in [0, 0.05) is 24.7 Å². The summed E-state index contributed by atoms with van der Waals surface area (Å²) in [5, 5.41) is 3.66. The van der Waals surface area contributed by atoms with Crippen LogP contribution in [0.25, 0.3) is 0 Å². The second-order valence-electron chi connectivity index (χ2n) is 6.69. The molecule has 1 fully saturated rings. The number of nitrogens with zero attached hydrogens (tertiary/aromatic N) is 1. The van der Waals surface area contributed by atoms with Crippen molar-refractivity contribution in [1.29, 1.82) is 0 Å². The van der Waals surface area contributed by atoms with Crippen LogP contribution in [0, 0.1) is 5.92 Å². The van der Waals surface area contributed by atoms with Gasteiger partial charge in [-0.15, -0.1) is 0 Å². The maximum atomic E-state index is 3.66. The number of hydrogen-bond acceptors (Lipinski definition) is 2. The Labute approximate surface area is 108 Å². The molecule has 1 aliphatic heterocycles. The van der Waals surface area contributed by atoms with Crippen molar-refractivity contribution in [2.75, 3.05) is 19.6 Å². The normalized spacial score (nSPS) is 25.4. The molecule has 0 spiro atoms. The first-order valence-corrected chi connectivity index (χ1v) is 7.43. The molecule has 0 aromatic rings. The maximum absolute atomic E-state index is 3.66. The number of unbranched alkanes of at least 4 members (excludes halogenated alkanes) is 1. The van der Waals surface area contributed by atoms with Crippen LogP contribution in [0.15, 0.2) is 0 Å². The Morgan fingerprint density at radius 3 is 2.59 bits per heavy atom. The first-order chi connectivity index (χ1) is 7.94. The van der Waals surface area contributed by atoms with Gasteiger partial charge in [0.2, 0.25) is 0 Å². The molecule has 1 saturated heterocycles. The van der Waals surface area contributed by atoms with Gasteiger partial charge in [0.1, 0.15) is 0 Å². The standard InChI is InChI=1S/C15H32N2/c1-6-14-11-16-15(4,5)12-17(14)10-8-7-9-13(2)3/h13-14,16H,6-12H2,1-5H3. The van der Waals surface area contributed by atoms with E-state index < -0.39 is 0 Å². The van der Waals surface area contributed by atoms with Crippen molar-refractivity contribution in [1.82, 2.24) is 10.2 Å². The zero-order chi connectivity index (χ0) is 12.9. The molecule has 1 atom stereocenters. The third kappa shape index (κ3) is 5.39. The minimum absolute atomic E-state index is 0.295. The predicted molar refractivity (Wildman–Crippen MR) is 76.4 cm³/mol. The van der Waals surface area contributed by atoms with Crippen molar-refractivity contribution in [2.45, 2.75) is 71.9 Å². The molecule has 1 aliphatic rings. The van der Waals surface area contributed by atoms with Crippen molar-refractivity contribution >= 4 is 0 Å². The van der Waals surface area contributed by atoms with Crippen LogP contribution in [-0.4, -0.2) is 36.1 Å². The summed E-state index contributed by atoms with van der Waals surface area (Å²) in [5.41, 5.74) is 0.295. The lowest BCUT2D eigenvalue weighted by Crippen LogP contribution is -2.61. The molecule has 0 aromatic carbocycles. The van der Waals surface area contributed by atoms with E-state index in [-0.39, 0.29) is 0 Å². The van der Waals surface area contributed by atoms with Crippen LogP contribution in [0.1, 0.15) is 60.3 Å². The molecule has 0 aromatic heterocycles. The lowest BCUT2D eigenvalue weighted by molar-refractivity contribution is 0.0906. The molecule has 0 aliphatic carbocycles. The Hall–Kier alpha value is -0.0800. The van der Waals surface area contributed by atoms with E-state index in [0.29, 0.717) is 5.54 Å². The van der Waals surface area contributed by atoms with Crippen LogP contribution in [0.4, 0.5) is 0 Å². The van der Waals surface area contributed by atoms with Gasteiger partial charge >= 0.3 is 0 Å². The van der Waals surface area contributed by atoms with Crippen molar-refractivity contribution in [2.24, 2.45) is 5.92 Å². The van der Waals surface area contributed by atoms with Crippen molar-refractivity contribution in [3.05, 3.63) is 0 Å². The van der Waals surface area contributed by atoms with Gasteiger partial charge in [-0.1, -0.05) is 33.6 Å². The predicted octanol–water partition coefficient (Wildman–Crippen LogP) is 3.28. The van der Waals surface area contributed by atoms with Gasteiger partial charge in [-0.25, -0.2) is 0 Å². The molecule has 1 N–H and O–H groups in total. The average molecular weight is 240 g/mol. The smallest absolute Gasteiger partial charge is 0.0252 e. The molecule has 1 unspecified atom stereocenters. The molecular formula is C15H32N2. The fourth-order valence-electron chi connectivity index (χ4n) is 2.75. The Morgan fingerprint density at radius 2 is 2.00 bits per heavy atom. The third-order valence-corrected chi connectivity index (χ3v) is 3.88. The summed E-state index contributed by atoms with van der Waals surface area (Å²) in [6, 6.07) is 0.752. The fourth-order valence-corrected chi connectivity index (χ4v) is 2.75. The van der Waals surface area contributed by atoms with Gasteiger partial charge in [-0.2, -0.15) is 0 Å². The Kier molecular flexibility index (Phi) is 5.94. The van der Waals surface area contributed by atoms with Crippen LogP contribution >= 0.6 is 0 Å². The zero-order valence-electron chi connectivity index (χ0n) is 12.6. The largest absolute Gasteiger partial charge is 0.309 e. The van der Waals surface area contributed by atoms with Crippen LogP contribution in [-0.2, 0) is 0 Å². The fraction of sp³-hybridized carbons (Fsp3) is 1.00. The summed E-state index contributed by atoms with van der Waals surface area (Å²) >= 11 is 0. The van der Waals surface area contributed by atoms with Crippen molar-refractivity contribution in [3.8, 4) is 0 Å². The van der Waals surface area contributed by atoms with Gasteiger partial charge in [0.15, 0.2) is 0 Å². The van der Waals surface area contributed by atoms with Gasteiger partial charge in [-0.05, 0) is 39.2 Å². The SMILES string of the molecule is CCC1CNC(C)(C)CN1CCCCC(C)C. The molecular weight excluding hydrogens is 208 g/mol. The molecule has 2 heteroatoms. The zero-order valence-corrected chi connectivity index (χ0v) is 12.6. The molecule has 1 heterocycles. The van der Waals surface area contributed by atoms with Gasteiger partial charge in [0.05, 0.1) is 0 Å². The van der Waals surface area contributed by atoms with Crippen LogP contribution in [0.3, 0.4) is 0 Å². The molecule has 0 amide bonds. The van der Waals surface area contributed by atoms with Crippen LogP contribution in [0.5, 0.6) is 0 Å². The molecule has 102 valence electrons. The molecule has 0 bridgehead atoms. The minimum Gasteiger partial charge on any atom is -0.309 e. The summed E-state index contributed by atoms with van der Waals surface area (Å²) in [7, 11) is 0. The highest BCUT2D eigenvalue weighted by molar-refractivity contribution is 4.91. The lowest BCUT2D eigenvalue weighted by atomic mass is 9.97. The van der Waals surface area contributed by atoms with Gasteiger partial charge in [-0.3, -0.25) is 4.90 Å². The Bertz CT molecular complexity index is 211. The van der Waals surface area contributed by atoms with E-state index in [2.05, 4.69) is 44.8 Å². The van der Waals surface area contributed by atoms with E-state index >= 15 is 0 Å². The van der Waals surface area contributed by atoms with E-state index in [1.807, 2.05) is 0 Å². The first-order valence-electron chi connectivity index (χ1n) is 7.43. The number of hydrogen-bond donors (Lipinski definition) is 1. The number of piperazine rings is 1. The lowest BCUT2D eigenvalue weighted by Gasteiger charge is -2.44. The molecule has 2 nitrogen and oxygen atoms in total. The summed E-state index contributed by atoms with van der Waals surface area (Å²) in [5.74, 6) is 0.858. The minimum atomic E-state index is 0.295. The van der Waals surface area contributed by atoms with Crippen molar-refractivity contribution in [3.63, 3.8) is 0 Å². The summed E-state index contributed by atoms with van der Waals surface area (Å²) < 4.78 is 0. The topological polar surface area (TPSA) is 15.3 Å². The summed E-state index contributed by atoms with van der Waals surface area (Å²) in [6.07, 6.45) is 5.41. The highest BCUT2D eigenvalue weighted by Gasteiger charge is 2.30. The molecule has 0 radical (unpaired) electrons. The number of rotatable bonds is 6. The second-order valence-corrected chi connectivity index (χ2v) is 6.69. The highest BCUT2D eigenvalue weighted by atomic mass is 15.2. The molecule has 1 rings (SSSR count). The van der Waals surface area contributed by atoms with E-state index in [9.17, 15) is 0 Å². The van der Waals surface area contributed by atoms with Gasteiger partial charge in [0.25, 0.3) is 0 Å².